The van der Waals surface area contributed by atoms with Gasteiger partial charge in [-0.1, -0.05) is 71.5 Å². The molecule has 0 saturated carbocycles. The molecule has 1 aromatic heterocycles. The number of halogens is 1. The van der Waals surface area contributed by atoms with Crippen LogP contribution in [0.15, 0.2) is 90.4 Å². The van der Waals surface area contributed by atoms with Gasteiger partial charge in [0.25, 0.3) is 5.91 Å². The van der Waals surface area contributed by atoms with Crippen molar-refractivity contribution < 1.29 is 9.59 Å². The molecule has 0 spiro atoms. The molecule has 1 amide bonds. The molecule has 4 rings (SSSR count). The van der Waals surface area contributed by atoms with Crippen LogP contribution in [0.3, 0.4) is 0 Å². The first-order chi connectivity index (χ1) is 14.6. The summed E-state index contributed by atoms with van der Waals surface area (Å²) >= 11 is 7.49. The normalized spacial score (nSPS) is 11.6. The van der Waals surface area contributed by atoms with Gasteiger partial charge in [0.15, 0.2) is 10.6 Å². The summed E-state index contributed by atoms with van der Waals surface area (Å²) in [5.74, 6) is -0.457. The lowest BCUT2D eigenvalue weighted by Gasteiger charge is -2.03. The maximum Gasteiger partial charge on any atom is 0.279 e. The van der Waals surface area contributed by atoms with Gasteiger partial charge in [0.05, 0.1) is 10.2 Å². The molecule has 0 unspecified atom stereocenters. The fourth-order valence-corrected chi connectivity index (χ4v) is 4.42. The van der Waals surface area contributed by atoms with E-state index in [-0.39, 0.29) is 11.7 Å². The van der Waals surface area contributed by atoms with Gasteiger partial charge in [-0.2, -0.15) is 4.99 Å². The molecule has 4 aromatic rings. The maximum absolute atomic E-state index is 12.8. The lowest BCUT2D eigenvalue weighted by molar-refractivity contribution is 0.0994. The second-order valence-electron chi connectivity index (χ2n) is 6.59. The van der Waals surface area contributed by atoms with Gasteiger partial charge in [-0.05, 0) is 30.3 Å². The number of carbonyl (C=O) groups is 2. The van der Waals surface area contributed by atoms with Gasteiger partial charge >= 0.3 is 0 Å². The molecule has 0 aliphatic carbocycles. The van der Waals surface area contributed by atoms with Gasteiger partial charge in [-0.15, -0.1) is 6.58 Å². The van der Waals surface area contributed by atoms with Crippen molar-refractivity contribution in [2.45, 2.75) is 6.54 Å². The van der Waals surface area contributed by atoms with E-state index in [0.717, 1.165) is 10.2 Å². The van der Waals surface area contributed by atoms with Crippen LogP contribution in [0.5, 0.6) is 0 Å². The molecule has 30 heavy (non-hydrogen) atoms. The van der Waals surface area contributed by atoms with Crippen molar-refractivity contribution in [3.63, 3.8) is 0 Å². The van der Waals surface area contributed by atoms with Gasteiger partial charge in [-0.3, -0.25) is 9.59 Å². The summed E-state index contributed by atoms with van der Waals surface area (Å²) in [6.45, 7) is 4.31. The zero-order chi connectivity index (χ0) is 21.1. The van der Waals surface area contributed by atoms with Crippen LogP contribution in [0.2, 0.25) is 5.02 Å². The standard InChI is InChI=1S/C24H17ClN2O2S/c1-2-14-27-20-13-12-19(25)15-21(20)30-24(27)26-23(29)18-10-8-17(9-11-18)22(28)16-6-4-3-5-7-16/h2-13,15H,1,14H2. The number of carbonyl (C=O) groups excluding carboxylic acids is 2. The number of allylic oxidation sites excluding steroid dienone is 1. The monoisotopic (exact) mass is 432 g/mol. The first-order valence-electron chi connectivity index (χ1n) is 9.25. The molecule has 1 heterocycles. The number of amides is 1. The molecule has 0 atom stereocenters. The lowest BCUT2D eigenvalue weighted by atomic mass is 10.0. The van der Waals surface area contributed by atoms with Crippen LogP contribution in [0.4, 0.5) is 0 Å². The quantitative estimate of drug-likeness (QED) is 0.308. The van der Waals surface area contributed by atoms with Gasteiger partial charge < -0.3 is 4.57 Å². The molecule has 0 aliphatic heterocycles. The van der Waals surface area contributed by atoms with Gasteiger partial charge in [0.1, 0.15) is 0 Å². The molecule has 4 nitrogen and oxygen atoms in total. The predicted octanol–water partition coefficient (Wildman–Crippen LogP) is 5.51. The number of benzene rings is 3. The average Bonchev–Trinajstić information content (AvgIpc) is 3.10. The Balaban J connectivity index is 1.67. The maximum atomic E-state index is 12.8. The van der Waals surface area contributed by atoms with Crippen molar-refractivity contribution in [1.82, 2.24) is 4.57 Å². The molecule has 0 saturated heterocycles. The summed E-state index contributed by atoms with van der Waals surface area (Å²) in [7, 11) is 0. The number of fused-ring (bicyclic) bond motifs is 1. The minimum absolute atomic E-state index is 0.0863. The molecule has 0 N–H and O–H groups in total. The smallest absolute Gasteiger partial charge is 0.279 e. The van der Waals surface area contributed by atoms with Gasteiger partial charge in [-0.25, -0.2) is 0 Å². The number of ketones is 1. The van der Waals surface area contributed by atoms with Crippen molar-refractivity contribution >= 4 is 44.8 Å². The van der Waals surface area contributed by atoms with Crippen LogP contribution in [0.25, 0.3) is 10.2 Å². The Morgan fingerprint density at radius 2 is 1.63 bits per heavy atom. The first kappa shape index (κ1) is 20.0. The first-order valence-corrected chi connectivity index (χ1v) is 10.4. The SMILES string of the molecule is C=CCn1c(=NC(=O)c2ccc(C(=O)c3ccccc3)cc2)sc2cc(Cl)ccc21. The molecular weight excluding hydrogens is 416 g/mol. The number of aromatic nitrogens is 1. The Morgan fingerprint density at radius 3 is 2.33 bits per heavy atom. The summed E-state index contributed by atoms with van der Waals surface area (Å²) in [5.41, 5.74) is 2.49. The topological polar surface area (TPSA) is 51.4 Å². The molecule has 6 heteroatoms. The van der Waals surface area contributed by atoms with Crippen LogP contribution in [0, 0.1) is 0 Å². The highest BCUT2D eigenvalue weighted by Gasteiger charge is 2.12. The Bertz CT molecular complexity index is 1320. The van der Waals surface area contributed by atoms with Crippen molar-refractivity contribution in [2.75, 3.05) is 0 Å². The average molecular weight is 433 g/mol. The van der Waals surface area contributed by atoms with E-state index in [1.54, 1.807) is 42.5 Å². The molecule has 0 bridgehead atoms. The van der Waals surface area contributed by atoms with Crippen LogP contribution in [-0.2, 0) is 6.54 Å². The molecule has 0 aliphatic rings. The number of thiazole rings is 1. The second kappa shape index (κ2) is 8.61. The van der Waals surface area contributed by atoms with E-state index in [1.165, 1.54) is 11.3 Å². The Hall–Kier alpha value is -3.28. The van der Waals surface area contributed by atoms with Crippen LogP contribution >= 0.6 is 22.9 Å². The van der Waals surface area contributed by atoms with Crippen molar-refractivity contribution in [1.29, 1.82) is 0 Å². The lowest BCUT2D eigenvalue weighted by Crippen LogP contribution is -2.16. The summed E-state index contributed by atoms with van der Waals surface area (Å²) < 4.78 is 2.87. The zero-order valence-corrected chi connectivity index (χ0v) is 17.5. The molecular formula is C24H17ClN2O2S. The van der Waals surface area contributed by atoms with E-state index < -0.39 is 0 Å². The molecule has 148 valence electrons. The minimum Gasteiger partial charge on any atom is -0.312 e. The molecule has 0 radical (unpaired) electrons. The highest BCUT2D eigenvalue weighted by molar-refractivity contribution is 7.16. The van der Waals surface area contributed by atoms with Crippen molar-refractivity contribution in [3.8, 4) is 0 Å². The third-order valence-electron chi connectivity index (χ3n) is 4.58. The number of hydrogen-bond acceptors (Lipinski definition) is 3. The summed E-state index contributed by atoms with van der Waals surface area (Å²) in [6.07, 6.45) is 1.76. The Morgan fingerprint density at radius 1 is 0.967 bits per heavy atom. The predicted molar refractivity (Wildman–Crippen MR) is 121 cm³/mol. The number of nitrogens with zero attached hydrogens (tertiary/aromatic N) is 2. The van der Waals surface area contributed by atoms with E-state index in [2.05, 4.69) is 11.6 Å². The number of rotatable bonds is 5. The molecule has 0 fully saturated rings. The highest BCUT2D eigenvalue weighted by atomic mass is 35.5. The largest absolute Gasteiger partial charge is 0.312 e. The summed E-state index contributed by atoms with van der Waals surface area (Å²) in [4.78, 5) is 30.2. The van der Waals surface area contributed by atoms with E-state index in [1.807, 2.05) is 41.0 Å². The fourth-order valence-electron chi connectivity index (χ4n) is 3.11. The van der Waals surface area contributed by atoms with Gasteiger partial charge in [0, 0.05) is 28.3 Å². The third-order valence-corrected chi connectivity index (χ3v) is 5.86. The molecule has 3 aromatic carbocycles. The Kier molecular flexibility index (Phi) is 5.74. The van der Waals surface area contributed by atoms with E-state index in [4.69, 9.17) is 11.6 Å². The fraction of sp³-hybridized carbons (Fsp3) is 0.0417. The van der Waals surface area contributed by atoms with Crippen LogP contribution < -0.4 is 4.80 Å². The van der Waals surface area contributed by atoms with Crippen LogP contribution in [0.1, 0.15) is 26.3 Å². The second-order valence-corrected chi connectivity index (χ2v) is 8.03. The van der Waals surface area contributed by atoms with Crippen molar-refractivity contribution in [3.05, 3.63) is 112 Å². The summed E-state index contributed by atoms with van der Waals surface area (Å²) in [5, 5.41) is 0.631. The third kappa shape index (κ3) is 4.03. The zero-order valence-electron chi connectivity index (χ0n) is 15.9. The van der Waals surface area contributed by atoms with Gasteiger partial charge in [0.2, 0.25) is 0 Å². The summed E-state index contributed by atoms with van der Waals surface area (Å²) in [6, 6.07) is 21.2. The van der Waals surface area contributed by atoms with E-state index in [0.29, 0.717) is 33.1 Å². The Labute approximate surface area is 182 Å². The van der Waals surface area contributed by atoms with E-state index in [9.17, 15) is 9.59 Å². The highest BCUT2D eigenvalue weighted by Crippen LogP contribution is 2.22. The van der Waals surface area contributed by atoms with Crippen LogP contribution in [-0.4, -0.2) is 16.3 Å². The van der Waals surface area contributed by atoms with E-state index >= 15 is 0 Å². The minimum atomic E-state index is -0.371. The number of hydrogen-bond donors (Lipinski definition) is 0. The van der Waals surface area contributed by atoms with Crippen molar-refractivity contribution in [2.24, 2.45) is 4.99 Å².